The number of benzene rings is 1. The van der Waals surface area contributed by atoms with E-state index in [1.807, 2.05) is 4.98 Å². The van der Waals surface area contributed by atoms with Crippen LogP contribution in [0.5, 0.6) is 11.5 Å². The van der Waals surface area contributed by atoms with Gasteiger partial charge in [-0.2, -0.15) is 14.0 Å². The number of hydrogen-bond donors (Lipinski definition) is 1. The van der Waals surface area contributed by atoms with Crippen molar-refractivity contribution in [3.8, 4) is 17.6 Å². The molecule has 0 aliphatic carbocycles. The highest BCUT2D eigenvalue weighted by Gasteiger charge is 2.47. The summed E-state index contributed by atoms with van der Waals surface area (Å²) in [7, 11) is 0. The molecule has 0 radical (unpaired) electrons. The van der Waals surface area contributed by atoms with Gasteiger partial charge in [-0.1, -0.05) is 0 Å². The third kappa shape index (κ3) is 3.49. The first kappa shape index (κ1) is 19.3. The minimum atomic E-state index is -4.85. The molecule has 1 N–H and O–H groups in total. The lowest BCUT2D eigenvalue weighted by Crippen LogP contribution is -2.28. The third-order valence-corrected chi connectivity index (χ3v) is 3.27. The molecule has 0 saturated heterocycles. The minimum absolute atomic E-state index is 0.0890. The molecule has 0 atom stereocenters. The van der Waals surface area contributed by atoms with E-state index in [1.54, 1.807) is 6.07 Å². The maximum Gasteiger partial charge on any atom is 0.352 e. The summed E-state index contributed by atoms with van der Waals surface area (Å²) in [4.78, 5) is 16.7. The van der Waals surface area contributed by atoms with Crippen molar-refractivity contribution in [2.45, 2.75) is 25.7 Å². The standard InChI is InChI=1S/C15H9F6N3O2/c1-6-2-7(4-22)3-8(12(16)17)9(6)26-10-11(15(20,21)14(18)19)23-5-24-13(10)25/h2-3,5,12,14H,1H3,(H,23,24,25). The van der Waals surface area contributed by atoms with Crippen LogP contribution in [0.2, 0.25) is 0 Å². The maximum absolute atomic E-state index is 13.7. The quantitative estimate of drug-likeness (QED) is 0.798. The predicted octanol–water partition coefficient (Wildman–Crippen LogP) is 4.04. The first-order valence-corrected chi connectivity index (χ1v) is 6.84. The number of ether oxygens (including phenoxy) is 1. The Hall–Kier alpha value is -3.03. The molecule has 0 saturated carbocycles. The molecule has 2 rings (SSSR count). The molecule has 138 valence electrons. The van der Waals surface area contributed by atoms with Gasteiger partial charge in [0.25, 0.3) is 12.0 Å². The largest absolute Gasteiger partial charge is 0.449 e. The molecule has 1 heterocycles. The van der Waals surface area contributed by atoms with Crippen LogP contribution in [0.3, 0.4) is 0 Å². The van der Waals surface area contributed by atoms with E-state index >= 15 is 0 Å². The smallest absolute Gasteiger partial charge is 0.352 e. The van der Waals surface area contributed by atoms with Crippen LogP contribution in [0.15, 0.2) is 23.3 Å². The molecule has 2 aromatic rings. The van der Waals surface area contributed by atoms with Crippen LogP contribution in [-0.4, -0.2) is 16.4 Å². The van der Waals surface area contributed by atoms with Gasteiger partial charge in [-0.3, -0.25) is 4.79 Å². The Labute approximate surface area is 141 Å². The Morgan fingerprint density at radius 2 is 1.88 bits per heavy atom. The van der Waals surface area contributed by atoms with Gasteiger partial charge >= 0.3 is 12.3 Å². The maximum atomic E-state index is 13.7. The van der Waals surface area contributed by atoms with Crippen molar-refractivity contribution in [2.24, 2.45) is 0 Å². The number of nitrogens with zero attached hydrogens (tertiary/aromatic N) is 2. The van der Waals surface area contributed by atoms with E-state index in [2.05, 4.69) is 4.98 Å². The predicted molar refractivity (Wildman–Crippen MR) is 75.7 cm³/mol. The Bertz CT molecular complexity index is 921. The summed E-state index contributed by atoms with van der Waals surface area (Å²) in [6.07, 6.45) is -6.94. The van der Waals surface area contributed by atoms with Crippen molar-refractivity contribution in [1.29, 1.82) is 5.26 Å². The number of alkyl halides is 6. The van der Waals surface area contributed by atoms with Crippen LogP contribution in [0.25, 0.3) is 0 Å². The molecule has 0 bridgehead atoms. The summed E-state index contributed by atoms with van der Waals surface area (Å²) in [6, 6.07) is 3.47. The number of aromatic nitrogens is 2. The number of aryl methyl sites for hydroxylation is 1. The van der Waals surface area contributed by atoms with Crippen LogP contribution in [0.4, 0.5) is 26.3 Å². The number of hydrogen-bond acceptors (Lipinski definition) is 4. The summed E-state index contributed by atoms with van der Waals surface area (Å²) >= 11 is 0. The summed E-state index contributed by atoms with van der Waals surface area (Å²) in [6.45, 7) is 1.22. The number of rotatable bonds is 5. The van der Waals surface area contributed by atoms with Crippen molar-refractivity contribution < 1.29 is 31.1 Å². The Kier molecular flexibility index (Phi) is 5.25. The summed E-state index contributed by atoms with van der Waals surface area (Å²) in [5, 5.41) is 8.82. The van der Waals surface area contributed by atoms with Gasteiger partial charge < -0.3 is 9.72 Å². The third-order valence-electron chi connectivity index (χ3n) is 3.27. The number of nitriles is 1. The number of halogens is 6. The van der Waals surface area contributed by atoms with Gasteiger partial charge in [-0.25, -0.2) is 22.5 Å². The summed E-state index contributed by atoms with van der Waals surface area (Å²) < 4.78 is 83.9. The molecular weight excluding hydrogens is 368 g/mol. The van der Waals surface area contributed by atoms with E-state index < -0.39 is 47.1 Å². The van der Waals surface area contributed by atoms with Crippen LogP contribution in [0.1, 0.15) is 28.8 Å². The van der Waals surface area contributed by atoms with Crippen LogP contribution in [-0.2, 0) is 5.92 Å². The zero-order valence-corrected chi connectivity index (χ0v) is 12.9. The molecule has 5 nitrogen and oxygen atoms in total. The van der Waals surface area contributed by atoms with Crippen molar-refractivity contribution in [2.75, 3.05) is 0 Å². The van der Waals surface area contributed by atoms with Gasteiger partial charge in [0, 0.05) is 0 Å². The summed E-state index contributed by atoms with van der Waals surface area (Å²) in [5.74, 6) is -6.90. The van der Waals surface area contributed by atoms with Crippen LogP contribution in [0, 0.1) is 18.3 Å². The molecule has 0 unspecified atom stereocenters. The molecule has 0 spiro atoms. The van der Waals surface area contributed by atoms with Gasteiger partial charge in [0.15, 0.2) is 5.69 Å². The topological polar surface area (TPSA) is 78.8 Å². The zero-order valence-electron chi connectivity index (χ0n) is 12.9. The molecule has 0 fully saturated rings. The average Bonchev–Trinajstić information content (AvgIpc) is 2.57. The van der Waals surface area contributed by atoms with Crippen LogP contribution < -0.4 is 10.3 Å². The normalized spacial score (nSPS) is 11.7. The number of H-pyrrole nitrogens is 1. The van der Waals surface area contributed by atoms with Gasteiger partial charge in [0.1, 0.15) is 5.75 Å². The highest BCUT2D eigenvalue weighted by molar-refractivity contribution is 5.50. The lowest BCUT2D eigenvalue weighted by molar-refractivity contribution is -0.139. The highest BCUT2D eigenvalue weighted by Crippen LogP contribution is 2.41. The minimum Gasteiger partial charge on any atom is -0.449 e. The monoisotopic (exact) mass is 377 g/mol. The van der Waals surface area contributed by atoms with E-state index in [-0.39, 0.29) is 11.1 Å². The molecular formula is C15H9F6N3O2. The van der Waals surface area contributed by atoms with Crippen molar-refractivity contribution >= 4 is 0 Å². The zero-order chi connectivity index (χ0) is 19.6. The molecule has 0 aliphatic heterocycles. The first-order chi connectivity index (χ1) is 12.1. The average molecular weight is 377 g/mol. The fourth-order valence-corrected chi connectivity index (χ4v) is 2.09. The van der Waals surface area contributed by atoms with Gasteiger partial charge in [0.2, 0.25) is 5.75 Å². The Morgan fingerprint density at radius 1 is 1.23 bits per heavy atom. The van der Waals surface area contributed by atoms with Crippen molar-refractivity contribution in [3.05, 3.63) is 51.2 Å². The van der Waals surface area contributed by atoms with Gasteiger partial charge in [0.05, 0.1) is 23.5 Å². The second-order valence-electron chi connectivity index (χ2n) is 5.06. The molecule has 1 aromatic carbocycles. The molecule has 1 aromatic heterocycles. The van der Waals surface area contributed by atoms with Gasteiger partial charge in [-0.05, 0) is 24.6 Å². The molecule has 11 heteroatoms. The fraction of sp³-hybridized carbons (Fsp3) is 0.267. The lowest BCUT2D eigenvalue weighted by atomic mass is 10.1. The van der Waals surface area contributed by atoms with E-state index in [4.69, 9.17) is 10.00 Å². The Balaban J connectivity index is 2.68. The van der Waals surface area contributed by atoms with Gasteiger partial charge in [-0.15, -0.1) is 0 Å². The van der Waals surface area contributed by atoms with E-state index in [9.17, 15) is 31.1 Å². The SMILES string of the molecule is Cc1cc(C#N)cc(C(F)F)c1Oc1c(C(F)(F)C(F)F)nc[nH]c1=O. The van der Waals surface area contributed by atoms with Crippen LogP contribution >= 0.6 is 0 Å². The molecule has 26 heavy (non-hydrogen) atoms. The second-order valence-corrected chi connectivity index (χ2v) is 5.06. The Morgan fingerprint density at radius 3 is 2.42 bits per heavy atom. The first-order valence-electron chi connectivity index (χ1n) is 6.84. The van der Waals surface area contributed by atoms with E-state index in [0.717, 1.165) is 12.1 Å². The van der Waals surface area contributed by atoms with E-state index in [0.29, 0.717) is 6.33 Å². The fourth-order valence-electron chi connectivity index (χ4n) is 2.09. The lowest BCUT2D eigenvalue weighted by Gasteiger charge is -2.19. The van der Waals surface area contributed by atoms with Crippen molar-refractivity contribution in [3.63, 3.8) is 0 Å². The number of nitrogens with one attached hydrogen (secondary N) is 1. The number of aromatic amines is 1. The highest BCUT2D eigenvalue weighted by atomic mass is 19.3. The van der Waals surface area contributed by atoms with E-state index in [1.165, 1.54) is 6.92 Å². The molecule has 0 amide bonds. The molecule has 0 aliphatic rings. The van der Waals surface area contributed by atoms with Crippen molar-refractivity contribution in [1.82, 2.24) is 9.97 Å². The summed E-state index contributed by atoms with van der Waals surface area (Å²) in [5.41, 5.74) is -4.17. The second kappa shape index (κ2) is 7.07.